The van der Waals surface area contributed by atoms with Crippen molar-refractivity contribution in [2.24, 2.45) is 0 Å². The SMILES string of the molecule is CSCCCCCNC(=O)c1cnc(C)cc1Cl. The van der Waals surface area contributed by atoms with Crippen molar-refractivity contribution in [3.05, 3.63) is 28.5 Å². The number of thioether (sulfide) groups is 1. The van der Waals surface area contributed by atoms with Crippen molar-refractivity contribution in [1.82, 2.24) is 10.3 Å². The largest absolute Gasteiger partial charge is 0.352 e. The smallest absolute Gasteiger partial charge is 0.254 e. The minimum absolute atomic E-state index is 0.141. The molecule has 0 radical (unpaired) electrons. The minimum atomic E-state index is -0.141. The predicted molar refractivity (Wildman–Crippen MR) is 78.6 cm³/mol. The summed E-state index contributed by atoms with van der Waals surface area (Å²) in [7, 11) is 0. The second-order valence-electron chi connectivity index (χ2n) is 4.11. The standard InChI is InChI=1S/C13H19ClN2OS/c1-10-8-12(14)11(9-16-10)13(17)15-6-4-3-5-7-18-2/h8-9H,3-7H2,1-2H3,(H,15,17). The molecule has 0 aliphatic carbocycles. The molecule has 0 fully saturated rings. The summed E-state index contributed by atoms with van der Waals surface area (Å²) in [5, 5.41) is 3.33. The van der Waals surface area contributed by atoms with Crippen molar-refractivity contribution in [1.29, 1.82) is 0 Å². The maximum atomic E-state index is 11.8. The van der Waals surface area contributed by atoms with E-state index < -0.39 is 0 Å². The van der Waals surface area contributed by atoms with Gasteiger partial charge in [-0.1, -0.05) is 18.0 Å². The Morgan fingerprint density at radius 2 is 2.22 bits per heavy atom. The molecule has 0 aliphatic heterocycles. The zero-order valence-electron chi connectivity index (χ0n) is 10.8. The number of aromatic nitrogens is 1. The predicted octanol–water partition coefficient (Wildman–Crippen LogP) is 3.31. The fraction of sp³-hybridized carbons (Fsp3) is 0.538. The summed E-state index contributed by atoms with van der Waals surface area (Å²) in [6.45, 7) is 2.54. The topological polar surface area (TPSA) is 42.0 Å². The van der Waals surface area contributed by atoms with Crippen LogP contribution in [0.15, 0.2) is 12.3 Å². The monoisotopic (exact) mass is 286 g/mol. The van der Waals surface area contributed by atoms with Gasteiger partial charge in [0.2, 0.25) is 0 Å². The Kier molecular flexibility index (Phi) is 7.13. The molecule has 1 amide bonds. The summed E-state index contributed by atoms with van der Waals surface area (Å²) in [4.78, 5) is 15.9. The summed E-state index contributed by atoms with van der Waals surface area (Å²) >= 11 is 7.86. The molecule has 0 saturated carbocycles. The Labute approximate surface area is 118 Å². The first-order valence-corrected chi connectivity index (χ1v) is 7.81. The van der Waals surface area contributed by atoms with Crippen LogP contribution in [0.1, 0.15) is 35.3 Å². The highest BCUT2D eigenvalue weighted by Gasteiger charge is 2.10. The van der Waals surface area contributed by atoms with Gasteiger partial charge in [0.05, 0.1) is 10.6 Å². The first kappa shape index (κ1) is 15.3. The van der Waals surface area contributed by atoms with Gasteiger partial charge < -0.3 is 5.32 Å². The average Bonchev–Trinajstić information content (AvgIpc) is 2.33. The van der Waals surface area contributed by atoms with Gasteiger partial charge >= 0.3 is 0 Å². The van der Waals surface area contributed by atoms with E-state index in [-0.39, 0.29) is 5.91 Å². The zero-order valence-corrected chi connectivity index (χ0v) is 12.4. The van der Waals surface area contributed by atoms with Gasteiger partial charge in [0, 0.05) is 18.4 Å². The molecule has 0 bridgehead atoms. The Balaban J connectivity index is 2.32. The molecule has 0 atom stereocenters. The first-order chi connectivity index (χ1) is 8.65. The van der Waals surface area contributed by atoms with Gasteiger partial charge in [-0.2, -0.15) is 11.8 Å². The lowest BCUT2D eigenvalue weighted by Gasteiger charge is -2.06. The Hall–Kier alpha value is -0.740. The molecule has 100 valence electrons. The van der Waals surface area contributed by atoms with Crippen LogP contribution in [0, 0.1) is 6.92 Å². The number of nitrogens with zero attached hydrogens (tertiary/aromatic N) is 1. The molecular weight excluding hydrogens is 268 g/mol. The van der Waals surface area contributed by atoms with E-state index in [0.717, 1.165) is 18.5 Å². The van der Waals surface area contributed by atoms with Crippen molar-refractivity contribution in [2.75, 3.05) is 18.6 Å². The van der Waals surface area contributed by atoms with Gasteiger partial charge in [0.25, 0.3) is 5.91 Å². The van der Waals surface area contributed by atoms with Crippen molar-refractivity contribution in [3.63, 3.8) is 0 Å². The molecule has 18 heavy (non-hydrogen) atoms. The van der Waals surface area contributed by atoms with Gasteiger partial charge in [0.15, 0.2) is 0 Å². The van der Waals surface area contributed by atoms with Crippen molar-refractivity contribution >= 4 is 29.3 Å². The van der Waals surface area contributed by atoms with Gasteiger partial charge in [-0.25, -0.2) is 0 Å². The summed E-state index contributed by atoms with van der Waals surface area (Å²) in [5.41, 5.74) is 1.26. The van der Waals surface area contributed by atoms with Crippen LogP contribution in [0.5, 0.6) is 0 Å². The number of hydrogen-bond donors (Lipinski definition) is 1. The number of carbonyl (C=O) groups is 1. The molecule has 1 aromatic heterocycles. The molecule has 3 nitrogen and oxygen atoms in total. The van der Waals surface area contributed by atoms with Crippen molar-refractivity contribution < 1.29 is 4.79 Å². The number of pyridine rings is 1. The lowest BCUT2D eigenvalue weighted by atomic mass is 10.2. The minimum Gasteiger partial charge on any atom is -0.352 e. The highest BCUT2D eigenvalue weighted by atomic mass is 35.5. The number of nitrogens with one attached hydrogen (secondary N) is 1. The van der Waals surface area contributed by atoms with Crippen LogP contribution in [-0.4, -0.2) is 29.4 Å². The number of aryl methyl sites for hydroxylation is 1. The number of amides is 1. The number of carbonyl (C=O) groups excluding carboxylic acids is 1. The fourth-order valence-electron chi connectivity index (χ4n) is 1.54. The van der Waals surface area contributed by atoms with E-state index >= 15 is 0 Å². The Bertz CT molecular complexity index is 399. The summed E-state index contributed by atoms with van der Waals surface area (Å²) in [6.07, 6.45) is 6.98. The lowest BCUT2D eigenvalue weighted by molar-refractivity contribution is 0.0953. The van der Waals surface area contributed by atoms with E-state index in [4.69, 9.17) is 11.6 Å². The van der Waals surface area contributed by atoms with Crippen molar-refractivity contribution in [3.8, 4) is 0 Å². The van der Waals surface area contributed by atoms with Gasteiger partial charge in [0.1, 0.15) is 0 Å². The normalized spacial score (nSPS) is 10.4. The van der Waals surface area contributed by atoms with E-state index in [1.807, 2.05) is 18.7 Å². The average molecular weight is 287 g/mol. The highest BCUT2D eigenvalue weighted by molar-refractivity contribution is 7.98. The van der Waals surface area contributed by atoms with Crippen LogP contribution in [0.25, 0.3) is 0 Å². The summed E-state index contributed by atoms with van der Waals surface area (Å²) in [5.74, 6) is 1.04. The van der Waals surface area contributed by atoms with Crippen LogP contribution >= 0.6 is 23.4 Å². The maximum Gasteiger partial charge on any atom is 0.254 e. The van der Waals surface area contributed by atoms with E-state index in [1.165, 1.54) is 18.4 Å². The van der Waals surface area contributed by atoms with Crippen LogP contribution in [0.3, 0.4) is 0 Å². The van der Waals surface area contributed by atoms with Gasteiger partial charge in [-0.15, -0.1) is 0 Å². The summed E-state index contributed by atoms with van der Waals surface area (Å²) in [6, 6.07) is 1.70. The molecule has 1 aromatic rings. The summed E-state index contributed by atoms with van der Waals surface area (Å²) < 4.78 is 0. The molecule has 0 saturated heterocycles. The molecule has 0 aromatic carbocycles. The molecule has 0 unspecified atom stereocenters. The van der Waals surface area contributed by atoms with Crippen molar-refractivity contribution in [2.45, 2.75) is 26.2 Å². The highest BCUT2D eigenvalue weighted by Crippen LogP contribution is 2.15. The second-order valence-corrected chi connectivity index (χ2v) is 5.51. The Morgan fingerprint density at radius 1 is 1.44 bits per heavy atom. The van der Waals surface area contributed by atoms with Gasteiger partial charge in [-0.05, 0) is 37.8 Å². The zero-order chi connectivity index (χ0) is 13.4. The first-order valence-electron chi connectivity index (χ1n) is 6.04. The third kappa shape index (κ3) is 5.27. The molecule has 5 heteroatoms. The number of halogens is 1. The lowest BCUT2D eigenvalue weighted by Crippen LogP contribution is -2.25. The number of rotatable bonds is 7. The molecular formula is C13H19ClN2OS. The molecule has 0 spiro atoms. The number of hydrogen-bond acceptors (Lipinski definition) is 3. The molecule has 0 aliphatic rings. The van der Waals surface area contributed by atoms with E-state index in [2.05, 4.69) is 16.6 Å². The van der Waals surface area contributed by atoms with Crippen LogP contribution in [0.2, 0.25) is 5.02 Å². The van der Waals surface area contributed by atoms with Gasteiger partial charge in [-0.3, -0.25) is 9.78 Å². The molecule has 1 heterocycles. The Morgan fingerprint density at radius 3 is 2.89 bits per heavy atom. The second kappa shape index (κ2) is 8.38. The third-order valence-electron chi connectivity index (χ3n) is 2.55. The van der Waals surface area contributed by atoms with E-state index in [1.54, 1.807) is 6.07 Å². The van der Waals surface area contributed by atoms with E-state index in [0.29, 0.717) is 17.1 Å². The molecule has 1 rings (SSSR count). The van der Waals surface area contributed by atoms with Crippen LogP contribution in [0.4, 0.5) is 0 Å². The van der Waals surface area contributed by atoms with E-state index in [9.17, 15) is 4.79 Å². The molecule has 1 N–H and O–H groups in total. The van der Waals surface area contributed by atoms with Crippen LogP contribution < -0.4 is 5.32 Å². The van der Waals surface area contributed by atoms with Crippen LogP contribution in [-0.2, 0) is 0 Å². The fourth-order valence-corrected chi connectivity index (χ4v) is 2.32. The third-order valence-corrected chi connectivity index (χ3v) is 3.56. The maximum absolute atomic E-state index is 11.8. The number of unbranched alkanes of at least 4 members (excludes halogenated alkanes) is 2. The quantitative estimate of drug-likeness (QED) is 0.782.